The highest BCUT2D eigenvalue weighted by molar-refractivity contribution is 5.36. The maximum Gasteiger partial charge on any atom is 0.433 e. The average molecular weight is 337 g/mol. The van der Waals surface area contributed by atoms with Gasteiger partial charge in [0.05, 0.1) is 0 Å². The van der Waals surface area contributed by atoms with Gasteiger partial charge >= 0.3 is 6.18 Å². The lowest BCUT2D eigenvalue weighted by atomic mass is 10.1. The number of nitrogens with one attached hydrogen (secondary N) is 1. The first kappa shape index (κ1) is 16.5. The quantitative estimate of drug-likeness (QED) is 0.929. The molecule has 1 aliphatic rings. The molecule has 3 heterocycles. The summed E-state index contributed by atoms with van der Waals surface area (Å²) in [5.74, 6) is 1.25. The molecule has 0 spiro atoms. The molecule has 1 unspecified atom stereocenters. The summed E-state index contributed by atoms with van der Waals surface area (Å²) in [5.41, 5.74) is 0.187. The summed E-state index contributed by atoms with van der Waals surface area (Å²) in [6.45, 7) is 3.96. The van der Waals surface area contributed by atoms with Gasteiger partial charge in [-0.15, -0.1) is 0 Å². The predicted octanol–water partition coefficient (Wildman–Crippen LogP) is 3.14. The number of rotatable bonds is 4. The van der Waals surface area contributed by atoms with Crippen molar-refractivity contribution in [3.05, 3.63) is 41.9 Å². The summed E-state index contributed by atoms with van der Waals surface area (Å²) in [5, 5.41) is 3.26. The van der Waals surface area contributed by atoms with E-state index in [-0.39, 0.29) is 5.95 Å². The summed E-state index contributed by atoms with van der Waals surface area (Å²) < 4.78 is 38.2. The lowest BCUT2D eigenvalue weighted by molar-refractivity contribution is -0.141. The minimum absolute atomic E-state index is 0.140. The van der Waals surface area contributed by atoms with Crippen LogP contribution in [-0.4, -0.2) is 34.6 Å². The third-order valence-corrected chi connectivity index (χ3v) is 3.99. The van der Waals surface area contributed by atoms with Crippen LogP contribution in [0.3, 0.4) is 0 Å². The van der Waals surface area contributed by atoms with Crippen LogP contribution in [0.2, 0.25) is 0 Å². The Hall–Kier alpha value is -2.38. The summed E-state index contributed by atoms with van der Waals surface area (Å²) in [7, 11) is 0. The third-order valence-electron chi connectivity index (χ3n) is 3.99. The summed E-state index contributed by atoms with van der Waals surface area (Å²) in [6.07, 6.45) is -0.624. The number of halogens is 3. The summed E-state index contributed by atoms with van der Waals surface area (Å²) in [6, 6.07) is 4.78. The van der Waals surface area contributed by atoms with Crippen molar-refractivity contribution in [1.29, 1.82) is 0 Å². The molecule has 1 aliphatic heterocycles. The molecule has 0 amide bonds. The molecule has 3 rings (SSSR count). The molecule has 0 radical (unpaired) electrons. The van der Waals surface area contributed by atoms with Crippen LogP contribution >= 0.6 is 0 Å². The minimum atomic E-state index is -4.45. The lowest BCUT2D eigenvalue weighted by Crippen LogP contribution is -2.25. The van der Waals surface area contributed by atoms with Crippen molar-refractivity contribution < 1.29 is 13.2 Å². The Morgan fingerprint density at radius 1 is 1.25 bits per heavy atom. The number of alkyl halides is 3. The molecular weight excluding hydrogens is 319 g/mol. The van der Waals surface area contributed by atoms with E-state index < -0.39 is 11.9 Å². The van der Waals surface area contributed by atoms with E-state index in [0.29, 0.717) is 25.6 Å². The first-order valence-electron chi connectivity index (χ1n) is 7.73. The van der Waals surface area contributed by atoms with Crippen LogP contribution in [0.15, 0.2) is 30.6 Å². The van der Waals surface area contributed by atoms with Crippen LogP contribution in [0.1, 0.15) is 17.7 Å². The fraction of sp³-hybridized carbons (Fsp3) is 0.438. The van der Waals surface area contributed by atoms with Gasteiger partial charge in [0.2, 0.25) is 5.95 Å². The lowest BCUT2D eigenvalue weighted by Gasteiger charge is -2.17. The van der Waals surface area contributed by atoms with Gasteiger partial charge in [-0.05, 0) is 37.0 Å². The molecule has 2 aromatic heterocycles. The molecule has 0 aromatic carbocycles. The van der Waals surface area contributed by atoms with Crippen LogP contribution in [0.4, 0.5) is 24.9 Å². The van der Waals surface area contributed by atoms with Crippen molar-refractivity contribution in [2.75, 3.05) is 29.9 Å². The molecule has 0 aliphatic carbocycles. The van der Waals surface area contributed by atoms with Crippen molar-refractivity contribution in [3.8, 4) is 0 Å². The van der Waals surface area contributed by atoms with Gasteiger partial charge in [0.25, 0.3) is 0 Å². The second kappa shape index (κ2) is 6.62. The Kier molecular flexibility index (Phi) is 4.55. The van der Waals surface area contributed by atoms with Crippen molar-refractivity contribution in [2.24, 2.45) is 5.92 Å². The molecule has 1 N–H and O–H groups in total. The Morgan fingerprint density at radius 2 is 2.08 bits per heavy atom. The van der Waals surface area contributed by atoms with Crippen molar-refractivity contribution >= 4 is 11.8 Å². The van der Waals surface area contributed by atoms with Crippen molar-refractivity contribution in [3.63, 3.8) is 0 Å². The Balaban J connectivity index is 1.58. The molecule has 0 bridgehead atoms. The van der Waals surface area contributed by atoms with Gasteiger partial charge in [-0.3, -0.25) is 0 Å². The van der Waals surface area contributed by atoms with Crippen molar-refractivity contribution in [1.82, 2.24) is 15.0 Å². The Labute approximate surface area is 138 Å². The number of aryl methyl sites for hydroxylation is 1. The number of anilines is 2. The zero-order chi connectivity index (χ0) is 17.2. The molecule has 0 saturated carbocycles. The zero-order valence-electron chi connectivity index (χ0n) is 13.2. The molecule has 24 heavy (non-hydrogen) atoms. The van der Waals surface area contributed by atoms with Gasteiger partial charge in [0.15, 0.2) is 0 Å². The van der Waals surface area contributed by atoms with Crippen LogP contribution in [-0.2, 0) is 6.18 Å². The van der Waals surface area contributed by atoms with Gasteiger partial charge in [-0.25, -0.2) is 15.0 Å². The molecule has 1 saturated heterocycles. The van der Waals surface area contributed by atoms with Crippen LogP contribution in [0, 0.1) is 12.8 Å². The Morgan fingerprint density at radius 3 is 2.79 bits per heavy atom. The standard InChI is InChI=1S/C16H18F3N5/c1-11-2-3-14(21-8-11)22-9-12-5-7-24(10-12)15-20-6-4-13(23-15)16(17,18)19/h2-4,6,8,12H,5,7,9-10H2,1H3,(H,21,22). The maximum atomic E-state index is 12.7. The number of pyridine rings is 1. The molecule has 1 atom stereocenters. The normalized spacial score (nSPS) is 18.0. The SMILES string of the molecule is Cc1ccc(NCC2CCN(c3nccc(C(F)(F)F)n3)C2)nc1. The minimum Gasteiger partial charge on any atom is -0.370 e. The van der Waals surface area contributed by atoms with E-state index in [2.05, 4.69) is 20.3 Å². The van der Waals surface area contributed by atoms with Crippen LogP contribution in [0.5, 0.6) is 0 Å². The molecular formula is C16H18F3N5. The summed E-state index contributed by atoms with van der Waals surface area (Å²) in [4.78, 5) is 13.7. The van der Waals surface area contributed by atoms with E-state index in [0.717, 1.165) is 30.1 Å². The summed E-state index contributed by atoms with van der Waals surface area (Å²) >= 11 is 0. The van der Waals surface area contributed by atoms with Crippen LogP contribution in [0.25, 0.3) is 0 Å². The fourth-order valence-corrected chi connectivity index (χ4v) is 2.66. The first-order chi connectivity index (χ1) is 11.4. The topological polar surface area (TPSA) is 53.9 Å². The third kappa shape index (κ3) is 3.93. The number of nitrogens with zero attached hydrogens (tertiary/aromatic N) is 4. The highest BCUT2D eigenvalue weighted by Gasteiger charge is 2.34. The zero-order valence-corrected chi connectivity index (χ0v) is 13.2. The molecule has 1 fully saturated rings. The van der Waals surface area contributed by atoms with E-state index in [1.165, 1.54) is 0 Å². The van der Waals surface area contributed by atoms with Gasteiger partial charge in [-0.2, -0.15) is 13.2 Å². The Bertz CT molecular complexity index is 687. The number of hydrogen-bond acceptors (Lipinski definition) is 5. The fourth-order valence-electron chi connectivity index (χ4n) is 2.66. The second-order valence-corrected chi connectivity index (χ2v) is 5.94. The van der Waals surface area contributed by atoms with Crippen LogP contribution < -0.4 is 10.2 Å². The highest BCUT2D eigenvalue weighted by atomic mass is 19.4. The smallest absolute Gasteiger partial charge is 0.370 e. The monoisotopic (exact) mass is 337 g/mol. The highest BCUT2D eigenvalue weighted by Crippen LogP contribution is 2.29. The van der Waals surface area contributed by atoms with Gasteiger partial charge < -0.3 is 10.2 Å². The first-order valence-corrected chi connectivity index (χ1v) is 7.73. The predicted molar refractivity (Wildman–Crippen MR) is 84.8 cm³/mol. The van der Waals surface area contributed by atoms with E-state index in [1.54, 1.807) is 11.1 Å². The average Bonchev–Trinajstić information content (AvgIpc) is 3.03. The molecule has 2 aromatic rings. The van der Waals surface area contributed by atoms with Gasteiger partial charge in [-0.1, -0.05) is 6.07 Å². The molecule has 5 nitrogen and oxygen atoms in total. The maximum absolute atomic E-state index is 12.7. The van der Waals surface area contributed by atoms with E-state index in [9.17, 15) is 13.2 Å². The van der Waals surface area contributed by atoms with Crippen molar-refractivity contribution in [2.45, 2.75) is 19.5 Å². The second-order valence-electron chi connectivity index (χ2n) is 5.94. The van der Waals surface area contributed by atoms with E-state index in [1.807, 2.05) is 19.1 Å². The molecule has 128 valence electrons. The molecule has 8 heteroatoms. The van der Waals surface area contributed by atoms with E-state index >= 15 is 0 Å². The number of aromatic nitrogens is 3. The van der Waals surface area contributed by atoms with Gasteiger partial charge in [0, 0.05) is 32.0 Å². The largest absolute Gasteiger partial charge is 0.433 e. The number of hydrogen-bond donors (Lipinski definition) is 1. The van der Waals surface area contributed by atoms with Gasteiger partial charge in [0.1, 0.15) is 11.5 Å². The van der Waals surface area contributed by atoms with E-state index in [4.69, 9.17) is 0 Å².